The molecular weight excluding hydrogens is 400 g/mol. The fraction of sp³-hybridized carbons (Fsp3) is 0.100. The van der Waals surface area contributed by atoms with Crippen LogP contribution >= 0.6 is 0 Å². The van der Waals surface area contributed by atoms with Crippen LogP contribution < -0.4 is 9.47 Å². The van der Waals surface area contributed by atoms with Gasteiger partial charge in [0, 0.05) is 0 Å². The van der Waals surface area contributed by atoms with Gasteiger partial charge in [0.2, 0.25) is 9.84 Å². The Morgan fingerprint density at radius 2 is 1.07 bits per heavy atom. The van der Waals surface area contributed by atoms with E-state index >= 15 is 0 Å². The summed E-state index contributed by atoms with van der Waals surface area (Å²) < 4.78 is 44.5. The molecule has 152 valence electrons. The highest BCUT2D eigenvalue weighted by molar-refractivity contribution is 7.91. The summed E-state index contributed by atoms with van der Waals surface area (Å²) in [6, 6.07) is 10.5. The van der Waals surface area contributed by atoms with Gasteiger partial charge in [-0.05, 0) is 48.5 Å². The van der Waals surface area contributed by atoms with Crippen LogP contribution in [0.2, 0.25) is 0 Å². The molecule has 29 heavy (non-hydrogen) atoms. The van der Waals surface area contributed by atoms with Crippen LogP contribution in [0.25, 0.3) is 0 Å². The summed E-state index contributed by atoms with van der Waals surface area (Å²) in [4.78, 5) is 22.7. The van der Waals surface area contributed by atoms with Gasteiger partial charge < -0.3 is 18.9 Å². The topological polar surface area (TPSA) is 105 Å². The molecule has 0 aliphatic carbocycles. The molecule has 9 heteroatoms. The maximum absolute atomic E-state index is 12.7. The van der Waals surface area contributed by atoms with Crippen LogP contribution in [0.4, 0.5) is 9.59 Å². The number of benzene rings is 2. The van der Waals surface area contributed by atoms with Crippen LogP contribution in [0.1, 0.15) is 0 Å². The Hall–Kier alpha value is -3.59. The smallest absolute Gasteiger partial charge is 0.430 e. The number of sulfone groups is 1. The summed E-state index contributed by atoms with van der Waals surface area (Å²) in [6.45, 7) is 6.80. The maximum atomic E-state index is 12.7. The van der Waals surface area contributed by atoms with Gasteiger partial charge in [0.1, 0.15) is 24.7 Å². The highest BCUT2D eigenvalue weighted by atomic mass is 32.2. The SMILES string of the molecule is C=CCOC(=O)Oc1ccc(S(=O)(=O)c2ccc(OC(=O)OCC=C)cc2)cc1. The molecule has 0 bridgehead atoms. The Bertz CT molecular complexity index is 901. The summed E-state index contributed by atoms with van der Waals surface area (Å²) >= 11 is 0. The number of carbonyl (C=O) groups excluding carboxylic acids is 2. The van der Waals surface area contributed by atoms with Gasteiger partial charge in [0.05, 0.1) is 9.79 Å². The monoisotopic (exact) mass is 418 g/mol. The number of hydrogen-bond donors (Lipinski definition) is 0. The minimum Gasteiger partial charge on any atom is -0.430 e. The number of carbonyl (C=O) groups is 2. The van der Waals surface area contributed by atoms with Gasteiger partial charge in [-0.25, -0.2) is 18.0 Å². The molecule has 8 nitrogen and oxygen atoms in total. The van der Waals surface area contributed by atoms with Crippen molar-refractivity contribution in [1.29, 1.82) is 0 Å². The molecule has 0 spiro atoms. The van der Waals surface area contributed by atoms with E-state index in [1.807, 2.05) is 0 Å². The van der Waals surface area contributed by atoms with Crippen LogP contribution in [0.3, 0.4) is 0 Å². The van der Waals surface area contributed by atoms with Crippen molar-refractivity contribution in [2.24, 2.45) is 0 Å². The van der Waals surface area contributed by atoms with E-state index in [0.29, 0.717) is 0 Å². The molecule has 0 fully saturated rings. The minimum absolute atomic E-state index is 0.00299. The quantitative estimate of drug-likeness (QED) is 0.361. The van der Waals surface area contributed by atoms with Crippen molar-refractivity contribution in [1.82, 2.24) is 0 Å². The molecule has 0 atom stereocenters. The first kappa shape index (κ1) is 21.7. The third kappa shape index (κ3) is 6.22. The molecule has 0 N–H and O–H groups in total. The van der Waals surface area contributed by atoms with Gasteiger partial charge in [0.15, 0.2) is 0 Å². The van der Waals surface area contributed by atoms with Gasteiger partial charge in [-0.3, -0.25) is 0 Å². The van der Waals surface area contributed by atoms with Crippen LogP contribution in [-0.4, -0.2) is 33.9 Å². The van der Waals surface area contributed by atoms with E-state index in [-0.39, 0.29) is 34.5 Å². The molecule has 2 aromatic carbocycles. The van der Waals surface area contributed by atoms with Gasteiger partial charge in [-0.1, -0.05) is 25.3 Å². The molecule has 0 amide bonds. The van der Waals surface area contributed by atoms with Crippen LogP contribution in [0, 0.1) is 0 Å². The van der Waals surface area contributed by atoms with Crippen molar-refractivity contribution in [2.45, 2.75) is 9.79 Å². The summed E-state index contributed by atoms with van der Waals surface area (Å²) in [5.41, 5.74) is 0. The van der Waals surface area contributed by atoms with Crippen molar-refractivity contribution in [2.75, 3.05) is 13.2 Å². The molecule has 2 aromatic rings. The second kappa shape index (κ2) is 10.1. The van der Waals surface area contributed by atoms with Crippen molar-refractivity contribution < 1.29 is 37.0 Å². The number of rotatable bonds is 8. The Kier molecular flexibility index (Phi) is 7.55. The highest BCUT2D eigenvalue weighted by Crippen LogP contribution is 2.25. The summed E-state index contributed by atoms with van der Waals surface area (Å²) in [6.07, 6.45) is 0.917. The third-order valence-electron chi connectivity index (χ3n) is 3.31. The standard InChI is InChI=1S/C20H18O8S/c1-3-13-25-19(21)27-15-5-9-17(10-6-15)29(23,24)18-11-7-16(8-12-18)28-20(22)26-14-4-2/h3-12H,1-2,13-14H2. The Labute approximate surface area is 167 Å². The molecule has 0 saturated carbocycles. The minimum atomic E-state index is -3.83. The fourth-order valence-electron chi connectivity index (χ4n) is 2.02. The lowest BCUT2D eigenvalue weighted by Crippen LogP contribution is -2.11. The van der Waals surface area contributed by atoms with Crippen LogP contribution in [0.15, 0.2) is 83.6 Å². The Morgan fingerprint density at radius 1 is 0.724 bits per heavy atom. The number of ether oxygens (including phenoxy) is 4. The van der Waals surface area contributed by atoms with E-state index in [9.17, 15) is 18.0 Å². The fourth-order valence-corrected chi connectivity index (χ4v) is 3.28. The van der Waals surface area contributed by atoms with Gasteiger partial charge in [-0.15, -0.1) is 0 Å². The zero-order valence-corrected chi connectivity index (χ0v) is 16.1. The van der Waals surface area contributed by atoms with E-state index in [1.54, 1.807) is 0 Å². The second-order valence-electron chi connectivity index (χ2n) is 5.35. The van der Waals surface area contributed by atoms with E-state index in [0.717, 1.165) is 0 Å². The molecule has 2 rings (SSSR count). The molecule has 0 unspecified atom stereocenters. The molecule has 0 aliphatic rings. The van der Waals surface area contributed by atoms with E-state index in [2.05, 4.69) is 22.6 Å². The lowest BCUT2D eigenvalue weighted by Gasteiger charge is -2.08. The maximum Gasteiger partial charge on any atom is 0.514 e. The first-order valence-electron chi connectivity index (χ1n) is 8.23. The van der Waals surface area contributed by atoms with Crippen LogP contribution in [-0.2, 0) is 19.3 Å². The van der Waals surface area contributed by atoms with E-state index < -0.39 is 22.1 Å². The summed E-state index contributed by atoms with van der Waals surface area (Å²) in [7, 11) is -3.83. The predicted molar refractivity (Wildman–Crippen MR) is 103 cm³/mol. The van der Waals surface area contributed by atoms with Crippen molar-refractivity contribution in [3.8, 4) is 11.5 Å². The summed E-state index contributed by atoms with van der Waals surface area (Å²) in [5, 5.41) is 0. The predicted octanol–water partition coefficient (Wildman–Crippen LogP) is 3.92. The lowest BCUT2D eigenvalue weighted by atomic mass is 10.3. The lowest BCUT2D eigenvalue weighted by molar-refractivity contribution is 0.108. The highest BCUT2D eigenvalue weighted by Gasteiger charge is 2.18. The normalized spacial score (nSPS) is 10.5. The van der Waals surface area contributed by atoms with Gasteiger partial charge in [0.25, 0.3) is 0 Å². The number of hydrogen-bond acceptors (Lipinski definition) is 8. The molecule has 0 radical (unpaired) electrons. The molecule has 0 saturated heterocycles. The van der Waals surface area contributed by atoms with E-state index in [1.165, 1.54) is 60.7 Å². The average molecular weight is 418 g/mol. The molecule has 0 aliphatic heterocycles. The van der Waals surface area contributed by atoms with Gasteiger partial charge in [-0.2, -0.15) is 0 Å². The largest absolute Gasteiger partial charge is 0.514 e. The van der Waals surface area contributed by atoms with Crippen molar-refractivity contribution in [3.63, 3.8) is 0 Å². The first-order valence-corrected chi connectivity index (χ1v) is 9.71. The molecular formula is C20H18O8S. The average Bonchev–Trinajstić information content (AvgIpc) is 2.71. The zero-order valence-electron chi connectivity index (χ0n) is 15.3. The third-order valence-corrected chi connectivity index (χ3v) is 5.09. The molecule has 0 heterocycles. The van der Waals surface area contributed by atoms with E-state index in [4.69, 9.17) is 9.47 Å². The van der Waals surface area contributed by atoms with Crippen molar-refractivity contribution in [3.05, 3.63) is 73.8 Å². The Balaban J connectivity index is 2.08. The summed E-state index contributed by atoms with van der Waals surface area (Å²) in [5.74, 6) is 0.250. The van der Waals surface area contributed by atoms with Crippen molar-refractivity contribution >= 4 is 22.1 Å². The second-order valence-corrected chi connectivity index (χ2v) is 7.30. The Morgan fingerprint density at radius 3 is 1.38 bits per heavy atom. The van der Waals surface area contributed by atoms with Crippen LogP contribution in [0.5, 0.6) is 11.5 Å². The first-order chi connectivity index (χ1) is 13.9. The zero-order chi connectivity index (χ0) is 21.3. The molecule has 0 aromatic heterocycles. The van der Waals surface area contributed by atoms with Gasteiger partial charge >= 0.3 is 12.3 Å².